The molecule has 7 N–H and O–H groups in total. The number of aliphatic hydroxyl groups is 1. The summed E-state index contributed by atoms with van der Waals surface area (Å²) in [7, 11) is -17.2. The summed E-state index contributed by atoms with van der Waals surface area (Å²) in [5.41, 5.74) is 0.774. The number of nitrogens with two attached hydrogens (primary N) is 1. The number of nitrogens with zero attached hydrogens (tertiary/aromatic N) is 3. The van der Waals surface area contributed by atoms with Crippen LogP contribution in [-0.2, 0) is 31.6 Å². The van der Waals surface area contributed by atoms with Crippen molar-refractivity contribution in [2.24, 2.45) is 0 Å². The third-order valence-corrected chi connectivity index (χ3v) is 7.84. The molecule has 0 aromatic carbocycles. The van der Waals surface area contributed by atoms with E-state index in [2.05, 4.69) is 23.1 Å². The third kappa shape index (κ3) is 6.95. The summed E-state index contributed by atoms with van der Waals surface area (Å²) in [6, 6.07) is 0. The van der Waals surface area contributed by atoms with Crippen molar-refractivity contribution in [1.29, 1.82) is 0 Å². The highest BCUT2D eigenvalue weighted by Gasteiger charge is 2.60. The summed E-state index contributed by atoms with van der Waals surface area (Å²) >= 11 is 0. The molecular weight excluding hydrogens is 539 g/mol. The number of phosphoric ester groups is 1. The van der Waals surface area contributed by atoms with Crippen molar-refractivity contribution in [2.45, 2.75) is 37.1 Å². The van der Waals surface area contributed by atoms with Crippen molar-refractivity contribution < 1.29 is 65.0 Å². The summed E-state index contributed by atoms with van der Waals surface area (Å²) in [6.45, 7) is -0.500. The molecule has 0 amide bonds. The molecule has 22 heteroatoms. The van der Waals surface area contributed by atoms with Gasteiger partial charge < -0.3 is 35.2 Å². The molecule has 192 valence electrons. The van der Waals surface area contributed by atoms with Gasteiger partial charge in [-0.2, -0.15) is 13.6 Å². The molecule has 2 heterocycles. The van der Waals surface area contributed by atoms with Crippen molar-refractivity contribution in [3.05, 3.63) is 16.8 Å². The number of halogens is 2. The van der Waals surface area contributed by atoms with Crippen molar-refractivity contribution >= 4 is 29.4 Å². The van der Waals surface area contributed by atoms with E-state index in [0.717, 1.165) is 6.92 Å². The fraction of sp³-hybridized carbons (Fsp3) is 0.583. The molecule has 0 radical (unpaired) electrons. The predicted octanol–water partition coefficient (Wildman–Crippen LogP) is -1.11. The molecule has 7 atom stereocenters. The van der Waals surface area contributed by atoms with E-state index in [-0.39, 0.29) is 0 Å². The molecule has 1 aliphatic rings. The summed E-state index contributed by atoms with van der Waals surface area (Å²) in [5, 5.41) is 10.4. The molecule has 1 saturated heterocycles. The van der Waals surface area contributed by atoms with E-state index >= 15 is 4.39 Å². The van der Waals surface area contributed by atoms with Gasteiger partial charge in [0.25, 0.3) is 0 Å². The van der Waals surface area contributed by atoms with Gasteiger partial charge in [0.2, 0.25) is 11.6 Å². The van der Waals surface area contributed by atoms with E-state index in [1.54, 1.807) is 11.8 Å². The Morgan fingerprint density at radius 3 is 2.44 bits per heavy atom. The largest absolute Gasteiger partial charge is 0.490 e. The quantitative estimate of drug-likeness (QED) is 0.164. The number of hydrogen-bond acceptors (Lipinski definition) is 12. The first-order valence-electron chi connectivity index (χ1n) is 8.52. The molecule has 1 fully saturated rings. The second-order valence-corrected chi connectivity index (χ2v) is 10.8. The second kappa shape index (κ2) is 10.2. The minimum Gasteiger partial charge on any atom is -0.386 e. The zero-order valence-electron chi connectivity index (χ0n) is 16.6. The van der Waals surface area contributed by atoms with E-state index < -0.39 is 72.0 Å². The van der Waals surface area contributed by atoms with Crippen LogP contribution in [0.4, 0.5) is 14.7 Å². The highest BCUT2D eigenvalue weighted by atomic mass is 31.3. The van der Waals surface area contributed by atoms with Gasteiger partial charge in [0.1, 0.15) is 25.2 Å². The van der Waals surface area contributed by atoms with E-state index in [4.69, 9.17) is 20.3 Å². The number of nitrogen functional groups attached to an aromatic ring is 1. The number of alkyl halides is 2. The van der Waals surface area contributed by atoms with Gasteiger partial charge in [0.05, 0.1) is 6.10 Å². The van der Waals surface area contributed by atoms with Crippen LogP contribution in [0.5, 0.6) is 0 Å². The van der Waals surface area contributed by atoms with Crippen LogP contribution in [0.2, 0.25) is 0 Å². The Bertz CT molecular complexity index is 1180. The molecule has 0 spiro atoms. The normalized spacial score (nSPS) is 29.5. The number of hydrogen-bond donors (Lipinski definition) is 6. The highest BCUT2D eigenvalue weighted by Crippen LogP contribution is 2.66. The van der Waals surface area contributed by atoms with E-state index in [9.17, 15) is 37.8 Å². The monoisotopic (exact) mass is 556 g/mol. The molecular formula is C12H17F2N4O13P3. The Kier molecular flexibility index (Phi) is 8.54. The van der Waals surface area contributed by atoms with Crippen LogP contribution in [0.1, 0.15) is 13.2 Å². The van der Waals surface area contributed by atoms with Gasteiger partial charge in [-0.3, -0.25) is 9.09 Å². The maximum atomic E-state index is 15.7. The van der Waals surface area contributed by atoms with Crippen molar-refractivity contribution in [1.82, 2.24) is 14.5 Å². The zero-order valence-corrected chi connectivity index (χ0v) is 19.3. The summed E-state index contributed by atoms with van der Waals surface area (Å²) in [5.74, 6) is 2.94. The van der Waals surface area contributed by atoms with E-state index in [1.165, 1.54) is 0 Å². The number of ether oxygens (including phenoxy) is 1. The number of aromatic nitrogens is 3. The average molecular weight is 556 g/mol. The maximum absolute atomic E-state index is 15.7. The van der Waals surface area contributed by atoms with Crippen LogP contribution in [0, 0.1) is 11.8 Å². The first-order chi connectivity index (χ1) is 15.4. The zero-order chi connectivity index (χ0) is 26.1. The Balaban J connectivity index is 2.34. The molecule has 34 heavy (non-hydrogen) atoms. The van der Waals surface area contributed by atoms with Gasteiger partial charge in [-0.15, -0.1) is 0 Å². The van der Waals surface area contributed by atoms with Crippen molar-refractivity contribution in [3.63, 3.8) is 0 Å². The van der Waals surface area contributed by atoms with Crippen LogP contribution >= 0.6 is 23.5 Å². The fourth-order valence-corrected chi connectivity index (χ4v) is 5.93. The lowest BCUT2D eigenvalue weighted by molar-refractivity contribution is -0.0784. The van der Waals surface area contributed by atoms with E-state index in [1.807, 2.05) is 0 Å². The van der Waals surface area contributed by atoms with Gasteiger partial charge in [0, 0.05) is 0 Å². The lowest BCUT2D eigenvalue weighted by atomic mass is 9.94. The molecule has 17 nitrogen and oxygen atoms in total. The van der Waals surface area contributed by atoms with Gasteiger partial charge in [-0.05, 0) is 6.92 Å². The first-order valence-corrected chi connectivity index (χ1v) is 13.0. The lowest BCUT2D eigenvalue weighted by Crippen LogP contribution is -2.46. The second-order valence-electron chi connectivity index (χ2n) is 6.41. The molecule has 0 aliphatic carbocycles. The predicted molar refractivity (Wildman–Crippen MR) is 103 cm³/mol. The molecule has 2 rings (SSSR count). The standard InChI is InChI=1S/C12H17F2N4O13P3/c1-6(29-33(24,25)31-34(26,27)30-32(21,22)23)7-8(19)12(14,3-2-4-13)9(28-7)18-5-16-10(15)17-11(18)20/h5-9,19H,4H2,1H3,(H,24,25)(H,26,27)(H2,15,17,20)(H2,21,22,23)/t6-,7+,8-,9+,12?/m0/s1. The number of phosphoric acid groups is 3. The fourth-order valence-electron chi connectivity index (χ4n) is 2.73. The SMILES string of the molecule is C[C@H](OP(=O)(O)OP(=O)(O)OP(=O)(O)O)[C@H]1O[C@@H](n2cnc(N)nc2=O)C(F)(C#CCF)[C@H]1O. The summed E-state index contributed by atoms with van der Waals surface area (Å²) in [6.07, 6.45) is -7.77. The number of aliphatic hydroxyl groups excluding tert-OH is 1. The Hall–Kier alpha value is -1.64. The molecule has 0 bridgehead atoms. The van der Waals surface area contributed by atoms with Crippen LogP contribution in [0.15, 0.2) is 11.1 Å². The van der Waals surface area contributed by atoms with E-state index in [0.29, 0.717) is 10.9 Å². The van der Waals surface area contributed by atoms with Crippen LogP contribution in [0.3, 0.4) is 0 Å². The molecule has 1 aromatic rings. The Labute approximate surface area is 187 Å². The molecule has 0 saturated carbocycles. The van der Waals surface area contributed by atoms with Crippen LogP contribution < -0.4 is 11.4 Å². The Morgan fingerprint density at radius 2 is 1.91 bits per heavy atom. The minimum absolute atomic E-state index is 0.393. The Morgan fingerprint density at radius 1 is 1.29 bits per heavy atom. The van der Waals surface area contributed by atoms with Gasteiger partial charge in [-0.25, -0.2) is 32.3 Å². The number of rotatable bonds is 8. The van der Waals surface area contributed by atoms with Crippen molar-refractivity contribution in [3.8, 4) is 11.8 Å². The van der Waals surface area contributed by atoms with Gasteiger partial charge in [-0.1, -0.05) is 11.8 Å². The smallest absolute Gasteiger partial charge is 0.386 e. The van der Waals surface area contributed by atoms with Crippen molar-refractivity contribution in [2.75, 3.05) is 12.4 Å². The number of anilines is 1. The summed E-state index contributed by atoms with van der Waals surface area (Å²) < 4.78 is 79.5. The van der Waals surface area contributed by atoms with Crippen LogP contribution in [-0.4, -0.2) is 69.9 Å². The topological polar surface area (TPSA) is 263 Å². The van der Waals surface area contributed by atoms with Gasteiger partial charge >= 0.3 is 29.2 Å². The molecule has 3 unspecified atom stereocenters. The minimum atomic E-state index is -5.87. The first kappa shape index (κ1) is 28.6. The lowest BCUT2D eigenvalue weighted by Gasteiger charge is -2.25. The maximum Gasteiger partial charge on any atom is 0.490 e. The third-order valence-electron chi connectivity index (χ3n) is 3.91. The van der Waals surface area contributed by atoms with Crippen LogP contribution in [0.25, 0.3) is 0 Å². The summed E-state index contributed by atoms with van der Waals surface area (Å²) in [4.78, 5) is 54.7. The average Bonchev–Trinajstić information content (AvgIpc) is 2.88. The van der Waals surface area contributed by atoms with Gasteiger partial charge in [0.15, 0.2) is 6.23 Å². The molecule has 1 aliphatic heterocycles. The molecule has 1 aromatic heterocycles. The highest BCUT2D eigenvalue weighted by molar-refractivity contribution is 7.66.